The first-order valence-electron chi connectivity index (χ1n) is 8.18. The van der Waals surface area contributed by atoms with E-state index in [-0.39, 0.29) is 12.6 Å². The third-order valence-electron chi connectivity index (χ3n) is 4.03. The summed E-state index contributed by atoms with van der Waals surface area (Å²) in [6.07, 6.45) is 3.90. The van der Waals surface area contributed by atoms with Crippen molar-refractivity contribution in [2.45, 2.75) is 58.1 Å². The van der Waals surface area contributed by atoms with Crippen molar-refractivity contribution < 1.29 is 19.4 Å². The molecule has 0 radical (unpaired) electrons. The molecule has 1 atom stereocenters. The van der Waals surface area contributed by atoms with Crippen molar-refractivity contribution >= 4 is 12.1 Å². The van der Waals surface area contributed by atoms with E-state index in [1.165, 1.54) is 0 Å². The summed E-state index contributed by atoms with van der Waals surface area (Å²) in [7, 11) is 0. The van der Waals surface area contributed by atoms with Gasteiger partial charge in [-0.25, -0.2) is 4.79 Å². The van der Waals surface area contributed by atoms with Crippen LogP contribution < -0.4 is 0 Å². The van der Waals surface area contributed by atoms with Crippen LogP contribution in [0.1, 0.15) is 46.5 Å². The van der Waals surface area contributed by atoms with E-state index < -0.39 is 11.6 Å². The fraction of sp³-hybridized carbons (Fsp3) is 0.875. The molecule has 1 N–H and O–H groups in total. The second-order valence-corrected chi connectivity index (χ2v) is 7.50. The maximum atomic E-state index is 12.4. The lowest BCUT2D eigenvalue weighted by Crippen LogP contribution is -2.46. The number of aliphatic carboxylic acids is 1. The number of hydrogen-bond acceptors (Lipinski definition) is 4. The summed E-state index contributed by atoms with van der Waals surface area (Å²) in [6, 6.07) is 0.310. The number of carboxylic acid groups (broad SMARTS) is 1. The summed E-state index contributed by atoms with van der Waals surface area (Å²) in [4.78, 5) is 27.1. The van der Waals surface area contributed by atoms with E-state index in [0.717, 1.165) is 38.8 Å². The van der Waals surface area contributed by atoms with Crippen LogP contribution >= 0.6 is 0 Å². The van der Waals surface area contributed by atoms with Crippen LogP contribution in [0, 0.1) is 5.92 Å². The molecule has 0 unspecified atom stereocenters. The van der Waals surface area contributed by atoms with Crippen molar-refractivity contribution in [1.29, 1.82) is 0 Å². The highest BCUT2D eigenvalue weighted by atomic mass is 16.6. The Morgan fingerprint density at radius 1 is 1.27 bits per heavy atom. The van der Waals surface area contributed by atoms with Crippen LogP contribution in [0.3, 0.4) is 0 Å². The number of nitrogens with zero attached hydrogens (tertiary/aromatic N) is 2. The van der Waals surface area contributed by atoms with Gasteiger partial charge in [0.2, 0.25) is 0 Å². The Hall–Kier alpha value is -1.30. The summed E-state index contributed by atoms with van der Waals surface area (Å²) < 4.78 is 5.51. The van der Waals surface area contributed by atoms with Crippen LogP contribution in [-0.2, 0) is 9.53 Å². The summed E-state index contributed by atoms with van der Waals surface area (Å²) in [5.74, 6) is -0.451. The molecule has 22 heavy (non-hydrogen) atoms. The van der Waals surface area contributed by atoms with Crippen molar-refractivity contribution in [3.8, 4) is 0 Å². The maximum Gasteiger partial charge on any atom is 0.410 e. The lowest BCUT2D eigenvalue weighted by atomic mass is 9.97. The lowest BCUT2D eigenvalue weighted by Gasteiger charge is -2.35. The second-order valence-electron chi connectivity index (χ2n) is 7.50. The summed E-state index contributed by atoms with van der Waals surface area (Å²) >= 11 is 0. The highest BCUT2D eigenvalue weighted by Crippen LogP contribution is 2.30. The van der Waals surface area contributed by atoms with Crippen molar-refractivity contribution in [1.82, 2.24) is 9.80 Å². The molecule has 6 nitrogen and oxygen atoms in total. The predicted molar refractivity (Wildman–Crippen MR) is 82.8 cm³/mol. The molecule has 6 heteroatoms. The number of rotatable bonds is 5. The molecule has 0 bridgehead atoms. The van der Waals surface area contributed by atoms with Gasteiger partial charge in [-0.1, -0.05) is 0 Å². The smallest absolute Gasteiger partial charge is 0.410 e. The Morgan fingerprint density at radius 3 is 2.50 bits per heavy atom. The minimum Gasteiger partial charge on any atom is -0.480 e. The number of hydrogen-bond donors (Lipinski definition) is 1. The van der Waals surface area contributed by atoms with Gasteiger partial charge in [0.25, 0.3) is 0 Å². The summed E-state index contributed by atoms with van der Waals surface area (Å²) in [5, 5.41) is 8.92. The topological polar surface area (TPSA) is 70.1 Å². The molecule has 126 valence electrons. The number of amides is 1. The highest BCUT2D eigenvalue weighted by molar-refractivity contribution is 5.69. The summed E-state index contributed by atoms with van der Waals surface area (Å²) in [6.45, 7) is 7.99. The number of carboxylic acids is 1. The zero-order valence-electron chi connectivity index (χ0n) is 13.9. The standard InChI is InChI=1S/C16H28N2O4/c1-16(2,3)22-15(21)18(13-6-7-13)10-12-5-4-8-17(9-12)11-14(19)20/h12-13H,4-11H2,1-3H3,(H,19,20)/t12-/m1/s1. The normalized spacial score (nSPS) is 23.1. The third-order valence-corrected chi connectivity index (χ3v) is 4.03. The molecule has 1 saturated heterocycles. The van der Waals surface area contributed by atoms with Gasteiger partial charge in [-0.05, 0) is 58.9 Å². The van der Waals surface area contributed by atoms with Crippen LogP contribution in [-0.4, -0.2) is 64.8 Å². The van der Waals surface area contributed by atoms with E-state index in [0.29, 0.717) is 18.5 Å². The van der Waals surface area contributed by atoms with Gasteiger partial charge < -0.3 is 14.7 Å². The van der Waals surface area contributed by atoms with E-state index >= 15 is 0 Å². The van der Waals surface area contributed by atoms with Gasteiger partial charge in [0, 0.05) is 19.1 Å². The first kappa shape index (κ1) is 17.1. The van der Waals surface area contributed by atoms with E-state index in [2.05, 4.69) is 0 Å². The first-order chi connectivity index (χ1) is 10.2. The van der Waals surface area contributed by atoms with Gasteiger partial charge in [0.15, 0.2) is 0 Å². The number of ether oxygens (including phenoxy) is 1. The van der Waals surface area contributed by atoms with Crippen LogP contribution in [0.2, 0.25) is 0 Å². The molecule has 0 aromatic rings. The molecule has 1 aliphatic heterocycles. The minimum absolute atomic E-state index is 0.0896. The van der Waals surface area contributed by atoms with Crippen molar-refractivity contribution in [3.05, 3.63) is 0 Å². The molecule has 1 heterocycles. The van der Waals surface area contributed by atoms with Gasteiger partial charge in [-0.15, -0.1) is 0 Å². The number of likely N-dealkylation sites (tertiary alicyclic amines) is 1. The van der Waals surface area contributed by atoms with Gasteiger partial charge in [-0.2, -0.15) is 0 Å². The number of carbonyl (C=O) groups excluding carboxylic acids is 1. The monoisotopic (exact) mass is 312 g/mol. The quantitative estimate of drug-likeness (QED) is 0.842. The van der Waals surface area contributed by atoms with Crippen molar-refractivity contribution in [2.24, 2.45) is 5.92 Å². The van der Waals surface area contributed by atoms with Gasteiger partial charge in [-0.3, -0.25) is 9.69 Å². The molecular weight excluding hydrogens is 284 g/mol. The molecule has 1 saturated carbocycles. The van der Waals surface area contributed by atoms with E-state index in [1.807, 2.05) is 30.6 Å². The van der Waals surface area contributed by atoms with Crippen molar-refractivity contribution in [2.75, 3.05) is 26.2 Å². The second kappa shape index (κ2) is 6.86. The zero-order chi connectivity index (χ0) is 16.3. The number of piperidine rings is 1. The molecule has 2 rings (SSSR count). The average Bonchev–Trinajstić information content (AvgIpc) is 3.17. The maximum absolute atomic E-state index is 12.4. The lowest BCUT2D eigenvalue weighted by molar-refractivity contribution is -0.138. The average molecular weight is 312 g/mol. The Labute approximate surface area is 132 Å². The van der Waals surface area contributed by atoms with E-state index in [4.69, 9.17) is 9.84 Å². The van der Waals surface area contributed by atoms with Crippen molar-refractivity contribution in [3.63, 3.8) is 0 Å². The molecule has 2 fully saturated rings. The largest absolute Gasteiger partial charge is 0.480 e. The van der Waals surface area contributed by atoms with Crippen LogP contribution in [0.25, 0.3) is 0 Å². The fourth-order valence-corrected chi connectivity index (χ4v) is 2.99. The van der Waals surface area contributed by atoms with Crippen LogP contribution in [0.5, 0.6) is 0 Å². The molecule has 0 spiro atoms. The molecule has 1 aliphatic carbocycles. The predicted octanol–water partition coefficient (Wildman–Crippen LogP) is 2.18. The number of carbonyl (C=O) groups is 2. The SMILES string of the molecule is CC(C)(C)OC(=O)N(C[C@@H]1CCCN(CC(=O)O)C1)C1CC1. The molecule has 0 aromatic heterocycles. The van der Waals surface area contributed by atoms with Crippen LogP contribution in [0.4, 0.5) is 4.79 Å². The highest BCUT2D eigenvalue weighted by Gasteiger charge is 2.37. The fourth-order valence-electron chi connectivity index (χ4n) is 2.99. The van der Waals surface area contributed by atoms with Gasteiger partial charge in [0.05, 0.1) is 6.54 Å². The molecule has 2 aliphatic rings. The van der Waals surface area contributed by atoms with E-state index in [1.54, 1.807) is 0 Å². The Balaban J connectivity index is 1.90. The first-order valence-corrected chi connectivity index (χ1v) is 8.18. The third kappa shape index (κ3) is 5.48. The Kier molecular flexibility index (Phi) is 5.32. The summed E-state index contributed by atoms with van der Waals surface area (Å²) in [5.41, 5.74) is -0.480. The minimum atomic E-state index is -0.785. The van der Waals surface area contributed by atoms with Gasteiger partial charge >= 0.3 is 12.1 Å². The zero-order valence-corrected chi connectivity index (χ0v) is 13.9. The molecule has 1 amide bonds. The molecular formula is C16H28N2O4. The van der Waals surface area contributed by atoms with Gasteiger partial charge in [0.1, 0.15) is 5.60 Å². The molecule has 0 aromatic carbocycles. The van der Waals surface area contributed by atoms with Crippen LogP contribution in [0.15, 0.2) is 0 Å². The Bertz CT molecular complexity index is 415. The van der Waals surface area contributed by atoms with E-state index in [9.17, 15) is 9.59 Å². The Morgan fingerprint density at radius 2 is 1.95 bits per heavy atom.